The topological polar surface area (TPSA) is 69.0 Å². The Labute approximate surface area is 183 Å². The standard InChI is InChI=1S/C21H20N4OS3/c1-14-19(20(26)24-28-3)23-21(29-14)25(17-10-8-15(12-22)9-11-17)13-16-6-4-5-7-18(16)27-2/h4-11H,13H2,1-3H3,(H,24,26). The van der Waals surface area contributed by atoms with Crippen LogP contribution in [0.15, 0.2) is 53.4 Å². The van der Waals surface area contributed by atoms with Gasteiger partial charge in [0.2, 0.25) is 0 Å². The molecule has 3 aromatic rings. The zero-order valence-electron chi connectivity index (χ0n) is 16.3. The molecule has 0 aliphatic rings. The number of thioether (sulfide) groups is 1. The van der Waals surface area contributed by atoms with Gasteiger partial charge in [0.05, 0.1) is 18.2 Å². The van der Waals surface area contributed by atoms with Crippen molar-refractivity contribution in [1.82, 2.24) is 9.71 Å². The first-order valence-electron chi connectivity index (χ1n) is 8.77. The van der Waals surface area contributed by atoms with Crippen LogP contribution in [0.4, 0.5) is 10.8 Å². The van der Waals surface area contributed by atoms with E-state index in [0.29, 0.717) is 17.8 Å². The van der Waals surface area contributed by atoms with E-state index in [0.717, 1.165) is 15.7 Å². The average Bonchev–Trinajstić information content (AvgIpc) is 3.14. The van der Waals surface area contributed by atoms with Crippen molar-refractivity contribution in [3.8, 4) is 6.07 Å². The molecule has 0 fully saturated rings. The minimum absolute atomic E-state index is 0.193. The van der Waals surface area contributed by atoms with Crippen LogP contribution in [0.5, 0.6) is 0 Å². The smallest absolute Gasteiger partial charge is 0.280 e. The van der Waals surface area contributed by atoms with Crippen molar-refractivity contribution in [3.63, 3.8) is 0 Å². The lowest BCUT2D eigenvalue weighted by Crippen LogP contribution is -2.19. The molecular formula is C21H20N4OS3. The summed E-state index contributed by atoms with van der Waals surface area (Å²) in [5, 5.41) is 9.86. The van der Waals surface area contributed by atoms with Crippen molar-refractivity contribution in [1.29, 1.82) is 5.26 Å². The summed E-state index contributed by atoms with van der Waals surface area (Å²) < 4.78 is 2.74. The Hall–Kier alpha value is -2.47. The molecule has 0 aliphatic carbocycles. The van der Waals surface area contributed by atoms with Crippen LogP contribution < -0.4 is 9.62 Å². The predicted octanol–water partition coefficient (Wildman–Crippen LogP) is 5.39. The van der Waals surface area contributed by atoms with E-state index < -0.39 is 0 Å². The molecule has 148 valence electrons. The highest BCUT2D eigenvalue weighted by Gasteiger charge is 2.21. The lowest BCUT2D eigenvalue weighted by molar-refractivity contribution is 0.0980. The number of carbonyl (C=O) groups excluding carboxylic acids is 1. The van der Waals surface area contributed by atoms with Gasteiger partial charge in [-0.25, -0.2) is 4.98 Å². The van der Waals surface area contributed by atoms with Crippen LogP contribution in [0.2, 0.25) is 0 Å². The number of nitrogens with zero attached hydrogens (tertiary/aromatic N) is 3. The highest BCUT2D eigenvalue weighted by atomic mass is 32.2. The third-order valence-electron chi connectivity index (χ3n) is 4.26. The number of nitrogens with one attached hydrogen (secondary N) is 1. The second-order valence-corrected chi connectivity index (χ2v) is 8.74. The second kappa shape index (κ2) is 9.83. The highest BCUT2D eigenvalue weighted by molar-refractivity contribution is 7.98. The maximum absolute atomic E-state index is 12.3. The number of benzene rings is 2. The molecule has 0 atom stereocenters. The third-order valence-corrected chi connectivity index (χ3v) is 6.48. The Morgan fingerprint density at radius 2 is 1.93 bits per heavy atom. The van der Waals surface area contributed by atoms with Crippen molar-refractivity contribution in [3.05, 3.63) is 70.2 Å². The Kier molecular flexibility index (Phi) is 7.20. The van der Waals surface area contributed by atoms with Crippen molar-refractivity contribution in [2.75, 3.05) is 17.4 Å². The molecule has 1 amide bonds. The molecule has 1 N–H and O–H groups in total. The maximum Gasteiger partial charge on any atom is 0.280 e. The van der Waals surface area contributed by atoms with E-state index in [1.807, 2.05) is 37.4 Å². The normalized spacial score (nSPS) is 10.4. The summed E-state index contributed by atoms with van der Waals surface area (Å²) >= 11 is 4.44. The Bertz CT molecular complexity index is 1040. The van der Waals surface area contributed by atoms with Crippen LogP contribution in [-0.2, 0) is 6.54 Å². The van der Waals surface area contributed by atoms with Crippen LogP contribution in [0, 0.1) is 18.3 Å². The number of hydrogen-bond donors (Lipinski definition) is 1. The van der Waals surface area contributed by atoms with Gasteiger partial charge in [-0.1, -0.05) is 30.1 Å². The molecule has 5 nitrogen and oxygen atoms in total. The fraction of sp³-hybridized carbons (Fsp3) is 0.190. The first-order chi connectivity index (χ1) is 14.1. The van der Waals surface area contributed by atoms with Gasteiger partial charge in [-0.15, -0.1) is 23.1 Å². The predicted molar refractivity (Wildman–Crippen MR) is 123 cm³/mol. The van der Waals surface area contributed by atoms with Crippen molar-refractivity contribution < 1.29 is 4.79 Å². The van der Waals surface area contributed by atoms with Crippen LogP contribution in [-0.4, -0.2) is 23.4 Å². The van der Waals surface area contributed by atoms with E-state index in [9.17, 15) is 4.79 Å². The van der Waals surface area contributed by atoms with E-state index in [-0.39, 0.29) is 5.91 Å². The number of carbonyl (C=O) groups is 1. The molecule has 0 saturated carbocycles. The van der Waals surface area contributed by atoms with E-state index in [2.05, 4.69) is 39.1 Å². The summed E-state index contributed by atoms with van der Waals surface area (Å²) in [4.78, 5) is 21.1. The van der Waals surface area contributed by atoms with E-state index in [4.69, 9.17) is 5.26 Å². The number of rotatable bonds is 7. The third kappa shape index (κ3) is 4.93. The summed E-state index contributed by atoms with van der Waals surface area (Å²) in [5.41, 5.74) is 3.14. The van der Waals surface area contributed by atoms with Gasteiger partial charge in [-0.3, -0.25) is 9.52 Å². The Morgan fingerprint density at radius 1 is 1.21 bits per heavy atom. The summed E-state index contributed by atoms with van der Waals surface area (Å²) in [6.07, 6.45) is 3.87. The SMILES string of the molecule is CSNC(=O)c1nc(N(Cc2ccccc2SC)c2ccc(C#N)cc2)sc1C. The number of nitriles is 1. The zero-order valence-corrected chi connectivity index (χ0v) is 18.8. The maximum atomic E-state index is 12.3. The van der Waals surface area contributed by atoms with Gasteiger partial charge in [-0.05, 0) is 49.1 Å². The van der Waals surface area contributed by atoms with Gasteiger partial charge in [0, 0.05) is 21.7 Å². The molecule has 1 heterocycles. The van der Waals surface area contributed by atoms with Gasteiger partial charge in [-0.2, -0.15) is 5.26 Å². The van der Waals surface area contributed by atoms with Gasteiger partial charge in [0.25, 0.3) is 5.91 Å². The van der Waals surface area contributed by atoms with E-state index in [1.165, 1.54) is 33.7 Å². The largest absolute Gasteiger partial charge is 0.313 e. The van der Waals surface area contributed by atoms with Crippen LogP contribution in [0.25, 0.3) is 0 Å². The van der Waals surface area contributed by atoms with Gasteiger partial charge in [0.15, 0.2) is 5.13 Å². The molecule has 3 rings (SSSR count). The number of thiazole rings is 1. The zero-order chi connectivity index (χ0) is 20.8. The Morgan fingerprint density at radius 3 is 2.59 bits per heavy atom. The number of aromatic nitrogens is 1. The van der Waals surface area contributed by atoms with Crippen molar-refractivity contribution in [2.45, 2.75) is 18.4 Å². The highest BCUT2D eigenvalue weighted by Crippen LogP contribution is 2.34. The summed E-state index contributed by atoms with van der Waals surface area (Å²) in [7, 11) is 0. The lowest BCUT2D eigenvalue weighted by atomic mass is 10.1. The fourth-order valence-corrected chi connectivity index (χ4v) is 4.66. The quantitative estimate of drug-likeness (QED) is 0.392. The van der Waals surface area contributed by atoms with Crippen LogP contribution in [0.1, 0.15) is 26.5 Å². The average molecular weight is 441 g/mol. The van der Waals surface area contributed by atoms with Gasteiger partial charge in [0.1, 0.15) is 5.69 Å². The van der Waals surface area contributed by atoms with E-state index in [1.54, 1.807) is 23.9 Å². The van der Waals surface area contributed by atoms with Crippen molar-refractivity contribution in [2.24, 2.45) is 0 Å². The molecule has 1 aromatic heterocycles. The van der Waals surface area contributed by atoms with Gasteiger partial charge >= 0.3 is 0 Å². The summed E-state index contributed by atoms with van der Waals surface area (Å²) in [6.45, 7) is 2.52. The fourth-order valence-electron chi connectivity index (χ4n) is 2.84. The Balaban J connectivity index is 2.04. The first-order valence-corrected chi connectivity index (χ1v) is 12.0. The molecule has 0 aliphatic heterocycles. The second-order valence-electron chi connectivity index (χ2n) is 6.09. The first kappa shape index (κ1) is 21.2. The lowest BCUT2D eigenvalue weighted by Gasteiger charge is -2.23. The molecular weight excluding hydrogens is 420 g/mol. The molecule has 8 heteroatoms. The van der Waals surface area contributed by atoms with Crippen molar-refractivity contribution >= 4 is 51.8 Å². The molecule has 0 radical (unpaired) electrons. The molecule has 0 bridgehead atoms. The molecule has 29 heavy (non-hydrogen) atoms. The number of amides is 1. The molecule has 2 aromatic carbocycles. The minimum atomic E-state index is -0.193. The number of aryl methyl sites for hydroxylation is 1. The summed E-state index contributed by atoms with van der Waals surface area (Å²) in [5.74, 6) is -0.193. The monoisotopic (exact) mass is 440 g/mol. The summed E-state index contributed by atoms with van der Waals surface area (Å²) in [6, 6.07) is 17.8. The molecule has 0 unspecified atom stereocenters. The van der Waals surface area contributed by atoms with Gasteiger partial charge < -0.3 is 4.90 Å². The van der Waals surface area contributed by atoms with Crippen LogP contribution >= 0.6 is 35.0 Å². The van der Waals surface area contributed by atoms with E-state index >= 15 is 0 Å². The molecule has 0 saturated heterocycles. The number of hydrogen-bond acceptors (Lipinski definition) is 7. The minimum Gasteiger partial charge on any atom is -0.313 e. The molecule has 0 spiro atoms. The number of anilines is 2. The van der Waals surface area contributed by atoms with Crippen LogP contribution in [0.3, 0.4) is 0 Å².